The van der Waals surface area contributed by atoms with Gasteiger partial charge in [-0.25, -0.2) is 0 Å². The van der Waals surface area contributed by atoms with E-state index in [0.717, 1.165) is 20.4 Å². The summed E-state index contributed by atoms with van der Waals surface area (Å²) in [7, 11) is 3.16. The molecule has 7 heteroatoms. The number of hydrogen-bond donors (Lipinski definition) is 2. The van der Waals surface area contributed by atoms with Crippen molar-refractivity contribution in [3.8, 4) is 17.6 Å². The number of rotatable bonds is 8. The Balaban J connectivity index is 1.94. The summed E-state index contributed by atoms with van der Waals surface area (Å²) in [5.41, 5.74) is 2.90. The topological polar surface area (TPSA) is 83.4 Å². The molecule has 1 amide bonds. The summed E-state index contributed by atoms with van der Waals surface area (Å²) < 4.78 is 11.6. The van der Waals surface area contributed by atoms with Gasteiger partial charge in [0, 0.05) is 22.0 Å². The Morgan fingerprint density at radius 3 is 2.57 bits per heavy atom. The summed E-state index contributed by atoms with van der Waals surface area (Å²) in [5.74, 6) is 0.877. The quantitative estimate of drug-likeness (QED) is 0.334. The van der Waals surface area contributed by atoms with Gasteiger partial charge in [-0.05, 0) is 77.4 Å². The predicted molar refractivity (Wildman–Crippen MR) is 117 cm³/mol. The smallest absolute Gasteiger partial charge is 0.263 e. The first-order valence-electron chi connectivity index (χ1n) is 8.60. The zero-order valence-electron chi connectivity index (χ0n) is 16.0. The van der Waals surface area contributed by atoms with Gasteiger partial charge in [0.05, 0.1) is 14.2 Å². The van der Waals surface area contributed by atoms with E-state index in [2.05, 4.69) is 33.2 Å². The maximum Gasteiger partial charge on any atom is 0.263 e. The average molecular weight is 491 g/mol. The van der Waals surface area contributed by atoms with Crippen LogP contribution in [0, 0.1) is 21.8 Å². The minimum atomic E-state index is -0.418. The number of benzene rings is 2. The van der Waals surface area contributed by atoms with Gasteiger partial charge in [0.1, 0.15) is 11.6 Å². The number of carbonyl (C=O) groups excluding carboxylic acids is 1. The molecule has 2 aromatic rings. The number of carbonyl (C=O) groups is 1. The molecule has 2 N–H and O–H groups in total. The lowest BCUT2D eigenvalue weighted by atomic mass is 10.1. The second-order valence-corrected chi connectivity index (χ2v) is 7.21. The maximum absolute atomic E-state index is 12.3. The molecule has 146 valence electrons. The fraction of sp³-hybridized carbons (Fsp3) is 0.238. The Labute approximate surface area is 178 Å². The molecule has 0 heterocycles. The molecule has 2 rings (SSSR count). The number of hydrogen-bond acceptors (Lipinski definition) is 5. The van der Waals surface area contributed by atoms with E-state index in [1.54, 1.807) is 14.2 Å². The Hall–Kier alpha value is -2.73. The Morgan fingerprint density at radius 1 is 1.18 bits per heavy atom. The van der Waals surface area contributed by atoms with Gasteiger partial charge in [0.2, 0.25) is 0 Å². The zero-order valence-corrected chi connectivity index (χ0v) is 18.2. The molecule has 6 nitrogen and oxygen atoms in total. The van der Waals surface area contributed by atoms with Gasteiger partial charge in [-0.2, -0.15) is 5.26 Å². The molecule has 0 saturated carbocycles. The van der Waals surface area contributed by atoms with Crippen LogP contribution < -0.4 is 20.1 Å². The number of amides is 1. The summed E-state index contributed by atoms with van der Waals surface area (Å²) >= 11 is 2.24. The molecule has 28 heavy (non-hydrogen) atoms. The lowest BCUT2D eigenvalue weighted by molar-refractivity contribution is -0.117. The Kier molecular flexibility index (Phi) is 8.14. The number of nitrogens with zero attached hydrogens (tertiary/aromatic N) is 1. The normalized spacial score (nSPS) is 10.8. The second kappa shape index (κ2) is 10.6. The van der Waals surface area contributed by atoms with Crippen molar-refractivity contribution >= 4 is 34.2 Å². The summed E-state index contributed by atoms with van der Waals surface area (Å²) in [6.45, 7) is 2.36. The van der Waals surface area contributed by atoms with E-state index in [9.17, 15) is 10.1 Å². The van der Waals surface area contributed by atoms with Crippen LogP contribution in [0.5, 0.6) is 11.5 Å². The summed E-state index contributed by atoms with van der Waals surface area (Å²) in [5, 5.41) is 15.1. The monoisotopic (exact) mass is 491 g/mol. The van der Waals surface area contributed by atoms with E-state index >= 15 is 0 Å². The van der Waals surface area contributed by atoms with Crippen molar-refractivity contribution in [3.05, 3.63) is 62.9 Å². The van der Waals surface area contributed by atoms with Crippen LogP contribution in [-0.2, 0) is 11.2 Å². The number of nitrogens with one attached hydrogen (secondary N) is 2. The van der Waals surface area contributed by atoms with Crippen LogP contribution in [0.2, 0.25) is 0 Å². The lowest BCUT2D eigenvalue weighted by Gasteiger charge is -2.10. The summed E-state index contributed by atoms with van der Waals surface area (Å²) in [4.78, 5) is 12.3. The SMILES string of the molecule is COc1ccc(CCNC(=O)/C(C#N)=C\Nc2ccc(I)cc2C)cc1OC. The number of methoxy groups -OCH3 is 2. The van der Waals surface area contributed by atoms with E-state index in [1.807, 2.05) is 49.4 Å². The number of aryl methyl sites for hydroxylation is 1. The van der Waals surface area contributed by atoms with E-state index in [1.165, 1.54) is 6.20 Å². The van der Waals surface area contributed by atoms with Crippen molar-refractivity contribution in [3.63, 3.8) is 0 Å². The van der Waals surface area contributed by atoms with Crippen molar-refractivity contribution < 1.29 is 14.3 Å². The zero-order chi connectivity index (χ0) is 20.5. The van der Waals surface area contributed by atoms with Crippen molar-refractivity contribution in [2.45, 2.75) is 13.3 Å². The van der Waals surface area contributed by atoms with Crippen molar-refractivity contribution in [2.75, 3.05) is 26.1 Å². The van der Waals surface area contributed by atoms with Crippen LogP contribution in [-0.4, -0.2) is 26.7 Å². The number of anilines is 1. The number of nitriles is 1. The third-order valence-electron chi connectivity index (χ3n) is 4.07. The minimum absolute atomic E-state index is 0.0188. The van der Waals surface area contributed by atoms with E-state index < -0.39 is 5.91 Å². The molecular weight excluding hydrogens is 469 g/mol. The number of ether oxygens (including phenoxy) is 2. The van der Waals surface area contributed by atoms with Crippen LogP contribution in [0.1, 0.15) is 11.1 Å². The molecule has 0 aromatic heterocycles. The largest absolute Gasteiger partial charge is 0.493 e. The highest BCUT2D eigenvalue weighted by Crippen LogP contribution is 2.27. The van der Waals surface area contributed by atoms with Crippen LogP contribution in [0.4, 0.5) is 5.69 Å². The lowest BCUT2D eigenvalue weighted by Crippen LogP contribution is -2.27. The fourth-order valence-electron chi connectivity index (χ4n) is 2.54. The standard InChI is InChI=1S/C21H22IN3O3/c1-14-10-17(22)5-6-18(14)25-13-16(12-23)21(26)24-9-8-15-4-7-19(27-2)20(11-15)28-3/h4-7,10-11,13,25H,8-9H2,1-3H3,(H,24,26)/b16-13-. The molecule has 0 aliphatic rings. The van der Waals surface area contributed by atoms with Gasteiger partial charge in [-0.3, -0.25) is 4.79 Å². The first kappa shape index (κ1) is 21.6. The molecule has 0 atom stereocenters. The summed E-state index contributed by atoms with van der Waals surface area (Å²) in [6, 6.07) is 13.4. The molecule has 2 aromatic carbocycles. The first-order chi connectivity index (χ1) is 13.5. The van der Waals surface area contributed by atoms with Crippen molar-refractivity contribution in [1.29, 1.82) is 5.26 Å². The molecule has 0 spiro atoms. The van der Waals surface area contributed by atoms with E-state index in [-0.39, 0.29) is 5.57 Å². The first-order valence-corrected chi connectivity index (χ1v) is 9.68. The van der Waals surface area contributed by atoms with Crippen molar-refractivity contribution in [1.82, 2.24) is 5.32 Å². The van der Waals surface area contributed by atoms with Gasteiger partial charge in [0.25, 0.3) is 5.91 Å². The van der Waals surface area contributed by atoms with E-state index in [4.69, 9.17) is 9.47 Å². The van der Waals surface area contributed by atoms with Crippen LogP contribution in [0.15, 0.2) is 48.2 Å². The van der Waals surface area contributed by atoms with Gasteiger partial charge in [-0.1, -0.05) is 6.07 Å². The highest BCUT2D eigenvalue weighted by molar-refractivity contribution is 14.1. The number of halogens is 1. The van der Waals surface area contributed by atoms with Gasteiger partial charge in [-0.15, -0.1) is 0 Å². The molecule has 0 radical (unpaired) electrons. The van der Waals surface area contributed by atoms with Crippen molar-refractivity contribution in [2.24, 2.45) is 0 Å². The van der Waals surface area contributed by atoms with Crippen LogP contribution >= 0.6 is 22.6 Å². The third-order valence-corrected chi connectivity index (χ3v) is 4.74. The van der Waals surface area contributed by atoms with Gasteiger partial charge in [0.15, 0.2) is 11.5 Å². The highest BCUT2D eigenvalue weighted by atomic mass is 127. The van der Waals surface area contributed by atoms with Gasteiger partial charge < -0.3 is 20.1 Å². The molecule has 0 aliphatic carbocycles. The predicted octanol–water partition coefficient (Wildman–Crippen LogP) is 3.80. The summed E-state index contributed by atoms with van der Waals surface area (Å²) in [6.07, 6.45) is 2.04. The third kappa shape index (κ3) is 5.89. The fourth-order valence-corrected chi connectivity index (χ4v) is 3.19. The molecular formula is C21H22IN3O3. The second-order valence-electron chi connectivity index (χ2n) is 5.97. The molecule has 0 bridgehead atoms. The molecule has 0 fully saturated rings. The van der Waals surface area contributed by atoms with Gasteiger partial charge >= 0.3 is 0 Å². The Bertz CT molecular complexity index is 920. The van der Waals surface area contributed by atoms with Crippen LogP contribution in [0.3, 0.4) is 0 Å². The Morgan fingerprint density at radius 2 is 1.93 bits per heavy atom. The molecule has 0 aliphatic heterocycles. The van der Waals surface area contributed by atoms with Crippen LogP contribution in [0.25, 0.3) is 0 Å². The minimum Gasteiger partial charge on any atom is -0.493 e. The molecule has 0 unspecified atom stereocenters. The highest BCUT2D eigenvalue weighted by Gasteiger charge is 2.09. The maximum atomic E-state index is 12.3. The molecule has 0 saturated heterocycles. The average Bonchev–Trinajstić information content (AvgIpc) is 2.69. The van der Waals surface area contributed by atoms with E-state index in [0.29, 0.717) is 24.5 Å².